The minimum atomic E-state index is -4.56. The number of nitrogens with one attached hydrogen (secondary N) is 1. The maximum absolute atomic E-state index is 12.9. The van der Waals surface area contributed by atoms with Gasteiger partial charge in [0.25, 0.3) is 0 Å². The molecule has 4 aromatic rings. The molecule has 0 saturated heterocycles. The molecule has 0 amide bonds. The average Bonchev–Trinajstić information content (AvgIpc) is 3.32. The lowest BCUT2D eigenvalue weighted by molar-refractivity contribution is -0.137. The van der Waals surface area contributed by atoms with Gasteiger partial charge < -0.3 is 0 Å². The highest BCUT2D eigenvalue weighted by molar-refractivity contribution is 7.12. The third-order valence-corrected chi connectivity index (χ3v) is 5.79. The van der Waals surface area contributed by atoms with E-state index in [1.54, 1.807) is 24.4 Å². The molecule has 0 fully saturated rings. The summed E-state index contributed by atoms with van der Waals surface area (Å²) in [7, 11) is 0. The SMILES string of the molecule is Cc1[nH]n(-c2nc(-c3ccc(Cl)cc3)cs2)c(=O)c1N=Nc1cc(C(F)(F)F)ccc1Cl. The van der Waals surface area contributed by atoms with E-state index in [1.807, 2.05) is 12.1 Å². The van der Waals surface area contributed by atoms with Crippen LogP contribution in [0.25, 0.3) is 16.4 Å². The second-order valence-corrected chi connectivity index (χ2v) is 8.29. The topological polar surface area (TPSA) is 75.4 Å². The molecule has 0 aliphatic rings. The predicted octanol–water partition coefficient (Wildman–Crippen LogP) is 7.34. The number of hydrogen-bond donors (Lipinski definition) is 1. The first-order valence-corrected chi connectivity index (χ1v) is 10.6. The van der Waals surface area contributed by atoms with Gasteiger partial charge in [-0.25, -0.2) is 4.98 Å². The van der Waals surface area contributed by atoms with Crippen LogP contribution in [0, 0.1) is 6.92 Å². The Bertz CT molecular complexity index is 1370. The second kappa shape index (κ2) is 8.53. The number of benzene rings is 2. The summed E-state index contributed by atoms with van der Waals surface area (Å²) in [5.41, 5.74) is 0.106. The molecule has 0 atom stereocenters. The lowest BCUT2D eigenvalue weighted by Crippen LogP contribution is -2.13. The normalized spacial score (nSPS) is 12.1. The molecule has 2 aromatic heterocycles. The monoisotopic (exact) mass is 497 g/mol. The summed E-state index contributed by atoms with van der Waals surface area (Å²) in [6.45, 7) is 1.59. The van der Waals surface area contributed by atoms with Crippen molar-refractivity contribution in [1.82, 2.24) is 14.8 Å². The lowest BCUT2D eigenvalue weighted by Gasteiger charge is -2.07. The molecule has 1 N–H and O–H groups in total. The molecular weight excluding hydrogens is 486 g/mol. The highest BCUT2D eigenvalue weighted by Crippen LogP contribution is 2.35. The van der Waals surface area contributed by atoms with Crippen molar-refractivity contribution in [2.75, 3.05) is 0 Å². The van der Waals surface area contributed by atoms with E-state index in [2.05, 4.69) is 20.3 Å². The summed E-state index contributed by atoms with van der Waals surface area (Å²) in [5, 5.41) is 13.2. The number of aryl methyl sites for hydroxylation is 1. The third-order valence-electron chi connectivity index (χ3n) is 4.39. The van der Waals surface area contributed by atoms with Crippen LogP contribution in [0.5, 0.6) is 0 Å². The van der Waals surface area contributed by atoms with Crippen LogP contribution >= 0.6 is 34.5 Å². The van der Waals surface area contributed by atoms with Gasteiger partial charge in [0.1, 0.15) is 5.69 Å². The van der Waals surface area contributed by atoms with Gasteiger partial charge in [0, 0.05) is 16.0 Å². The molecule has 32 heavy (non-hydrogen) atoms. The number of H-pyrrole nitrogens is 1. The van der Waals surface area contributed by atoms with Crippen molar-refractivity contribution < 1.29 is 13.2 Å². The number of aromatic amines is 1. The van der Waals surface area contributed by atoms with E-state index in [4.69, 9.17) is 23.2 Å². The molecule has 6 nitrogen and oxygen atoms in total. The lowest BCUT2D eigenvalue weighted by atomic mass is 10.2. The summed E-state index contributed by atoms with van der Waals surface area (Å²) < 4.78 is 40.0. The van der Waals surface area contributed by atoms with Gasteiger partial charge in [-0.3, -0.25) is 9.89 Å². The van der Waals surface area contributed by atoms with Crippen molar-refractivity contribution in [2.45, 2.75) is 13.1 Å². The average molecular weight is 498 g/mol. The second-order valence-electron chi connectivity index (χ2n) is 6.61. The fraction of sp³-hybridized carbons (Fsp3) is 0.100. The summed E-state index contributed by atoms with van der Waals surface area (Å²) in [5.74, 6) is 0. The standard InChI is InChI=1S/C20H12Cl2F3N5OS/c1-10-17(28-27-15-8-12(20(23,24)25)4-7-14(15)22)18(31)30(29-10)19-26-16(9-32-19)11-2-5-13(21)6-3-11/h2-9,29H,1H3. The molecule has 12 heteroatoms. The van der Waals surface area contributed by atoms with Crippen molar-refractivity contribution >= 4 is 45.9 Å². The van der Waals surface area contributed by atoms with Gasteiger partial charge >= 0.3 is 11.7 Å². The van der Waals surface area contributed by atoms with Crippen molar-refractivity contribution in [1.29, 1.82) is 0 Å². The number of hydrogen-bond acceptors (Lipinski definition) is 5. The molecule has 0 spiro atoms. The Balaban J connectivity index is 1.66. The van der Waals surface area contributed by atoms with Gasteiger partial charge in [0.05, 0.1) is 22.0 Å². The Labute approximate surface area is 193 Å². The summed E-state index contributed by atoms with van der Waals surface area (Å²) in [4.78, 5) is 17.3. The van der Waals surface area contributed by atoms with Gasteiger partial charge in [-0.2, -0.15) is 17.9 Å². The number of alkyl halides is 3. The zero-order valence-corrected chi connectivity index (χ0v) is 18.4. The molecule has 0 unspecified atom stereocenters. The number of aromatic nitrogens is 3. The Hall–Kier alpha value is -2.95. The predicted molar refractivity (Wildman–Crippen MR) is 118 cm³/mol. The Morgan fingerprint density at radius 1 is 1.09 bits per heavy atom. The van der Waals surface area contributed by atoms with Gasteiger partial charge in [0.15, 0.2) is 5.69 Å². The molecule has 0 radical (unpaired) electrons. The van der Waals surface area contributed by atoms with Crippen LogP contribution in [-0.2, 0) is 6.18 Å². The first-order chi connectivity index (χ1) is 15.1. The zero-order chi connectivity index (χ0) is 23.0. The molecular formula is C20H12Cl2F3N5OS. The van der Waals surface area contributed by atoms with Crippen molar-refractivity contribution in [3.63, 3.8) is 0 Å². The maximum Gasteiger partial charge on any atom is 0.416 e. The van der Waals surface area contributed by atoms with E-state index in [1.165, 1.54) is 16.0 Å². The Morgan fingerprint density at radius 2 is 1.81 bits per heavy atom. The molecule has 164 valence electrons. The van der Waals surface area contributed by atoms with Gasteiger partial charge in [-0.15, -0.1) is 21.6 Å². The molecule has 0 aliphatic carbocycles. The number of halogens is 5. The van der Waals surface area contributed by atoms with Gasteiger partial charge in [0.2, 0.25) is 5.13 Å². The highest BCUT2D eigenvalue weighted by atomic mass is 35.5. The minimum Gasteiger partial charge on any atom is -0.291 e. The van der Waals surface area contributed by atoms with Crippen LogP contribution in [0.4, 0.5) is 24.5 Å². The molecule has 2 aromatic carbocycles. The Kier molecular flexibility index (Phi) is 5.93. The molecule has 2 heterocycles. The maximum atomic E-state index is 12.9. The molecule has 4 rings (SSSR count). The smallest absolute Gasteiger partial charge is 0.291 e. The fourth-order valence-electron chi connectivity index (χ4n) is 2.78. The van der Waals surface area contributed by atoms with E-state index in [9.17, 15) is 18.0 Å². The largest absolute Gasteiger partial charge is 0.416 e. The van der Waals surface area contributed by atoms with Crippen molar-refractivity contribution in [2.24, 2.45) is 10.2 Å². The van der Waals surface area contributed by atoms with Crippen LogP contribution in [0.15, 0.2) is 62.9 Å². The summed E-state index contributed by atoms with van der Waals surface area (Å²) in [6, 6.07) is 9.78. The summed E-state index contributed by atoms with van der Waals surface area (Å²) >= 11 is 13.1. The van der Waals surface area contributed by atoms with Crippen molar-refractivity contribution in [3.05, 3.63) is 79.5 Å². The Morgan fingerprint density at radius 3 is 2.50 bits per heavy atom. The van der Waals surface area contributed by atoms with E-state index >= 15 is 0 Å². The van der Waals surface area contributed by atoms with Gasteiger partial charge in [-0.05, 0) is 37.3 Å². The fourth-order valence-corrected chi connectivity index (χ4v) is 3.85. The van der Waals surface area contributed by atoms with E-state index < -0.39 is 17.3 Å². The zero-order valence-electron chi connectivity index (χ0n) is 16.1. The number of thiazole rings is 1. The van der Waals surface area contributed by atoms with Crippen LogP contribution in [-0.4, -0.2) is 14.8 Å². The summed E-state index contributed by atoms with van der Waals surface area (Å²) in [6.07, 6.45) is -4.56. The van der Waals surface area contributed by atoms with Gasteiger partial charge in [-0.1, -0.05) is 35.3 Å². The van der Waals surface area contributed by atoms with Crippen LogP contribution in [0.2, 0.25) is 10.0 Å². The van der Waals surface area contributed by atoms with E-state index in [0.717, 1.165) is 23.8 Å². The van der Waals surface area contributed by atoms with E-state index in [0.29, 0.717) is 21.5 Å². The molecule has 0 aliphatic heterocycles. The quantitative estimate of drug-likeness (QED) is 0.299. The first kappa shape index (κ1) is 22.3. The van der Waals surface area contributed by atoms with Crippen LogP contribution < -0.4 is 5.56 Å². The number of azo groups is 1. The van der Waals surface area contributed by atoms with E-state index in [-0.39, 0.29) is 16.4 Å². The first-order valence-electron chi connectivity index (χ1n) is 8.95. The molecule has 0 bridgehead atoms. The molecule has 0 saturated carbocycles. The highest BCUT2D eigenvalue weighted by Gasteiger charge is 2.31. The van der Waals surface area contributed by atoms with Crippen LogP contribution in [0.1, 0.15) is 11.3 Å². The number of nitrogens with zero attached hydrogens (tertiary/aromatic N) is 4. The number of rotatable bonds is 4. The minimum absolute atomic E-state index is 0.0252. The third kappa shape index (κ3) is 4.47. The van der Waals surface area contributed by atoms with Crippen LogP contribution in [0.3, 0.4) is 0 Å². The van der Waals surface area contributed by atoms with Crippen molar-refractivity contribution in [3.8, 4) is 16.4 Å².